The van der Waals surface area contributed by atoms with Crippen molar-refractivity contribution in [1.82, 2.24) is 9.80 Å². The van der Waals surface area contributed by atoms with Crippen molar-refractivity contribution in [2.24, 2.45) is 0 Å². The molecule has 0 aromatic heterocycles. The number of aryl methyl sites for hydroxylation is 2. The number of aliphatic carboxylic acids is 1. The van der Waals surface area contributed by atoms with Crippen LogP contribution < -0.4 is 0 Å². The Morgan fingerprint density at radius 2 is 1.79 bits per heavy atom. The van der Waals surface area contributed by atoms with Gasteiger partial charge in [0.05, 0.1) is 6.54 Å². The standard InChI is InChI=1S/C15H22N2O2/c1-12-3-4-13(2)14(9-12)10-16-5-7-17(8-6-16)11-15(18)19/h3-4,9H,5-8,10-11H2,1-2H3,(H,18,19). The number of benzene rings is 1. The van der Waals surface area contributed by atoms with E-state index in [1.807, 2.05) is 4.90 Å². The SMILES string of the molecule is Cc1ccc(C)c(CN2CCN(CC(=O)O)CC2)c1. The molecule has 0 radical (unpaired) electrons. The van der Waals surface area contributed by atoms with Crippen LogP contribution in [0.4, 0.5) is 0 Å². The Kier molecular flexibility index (Phi) is 4.56. The molecule has 1 N–H and O–H groups in total. The smallest absolute Gasteiger partial charge is 0.317 e. The molecule has 0 bridgehead atoms. The van der Waals surface area contributed by atoms with Gasteiger partial charge in [0.2, 0.25) is 0 Å². The lowest BCUT2D eigenvalue weighted by Crippen LogP contribution is -2.47. The van der Waals surface area contributed by atoms with Crippen molar-refractivity contribution in [2.45, 2.75) is 20.4 Å². The van der Waals surface area contributed by atoms with Crippen LogP contribution in [0.2, 0.25) is 0 Å². The summed E-state index contributed by atoms with van der Waals surface area (Å²) in [5.41, 5.74) is 4.01. The Morgan fingerprint density at radius 3 is 2.42 bits per heavy atom. The minimum Gasteiger partial charge on any atom is -0.480 e. The van der Waals surface area contributed by atoms with Crippen LogP contribution >= 0.6 is 0 Å². The summed E-state index contributed by atoms with van der Waals surface area (Å²) in [6.07, 6.45) is 0. The minimum atomic E-state index is -0.733. The Bertz CT molecular complexity index is 451. The topological polar surface area (TPSA) is 43.8 Å². The lowest BCUT2D eigenvalue weighted by molar-refractivity contribution is -0.138. The Labute approximate surface area is 114 Å². The van der Waals surface area contributed by atoms with E-state index >= 15 is 0 Å². The molecule has 1 saturated heterocycles. The van der Waals surface area contributed by atoms with Gasteiger partial charge in [0, 0.05) is 32.7 Å². The summed E-state index contributed by atoms with van der Waals surface area (Å²) in [5.74, 6) is -0.733. The maximum Gasteiger partial charge on any atom is 0.317 e. The van der Waals surface area contributed by atoms with Crippen LogP contribution in [0.25, 0.3) is 0 Å². The zero-order valence-corrected chi connectivity index (χ0v) is 11.7. The fourth-order valence-corrected chi connectivity index (χ4v) is 2.51. The summed E-state index contributed by atoms with van der Waals surface area (Å²) in [6.45, 7) is 8.98. The molecule has 1 aliphatic heterocycles. The molecule has 2 rings (SSSR count). The second kappa shape index (κ2) is 6.17. The molecule has 4 heteroatoms. The predicted molar refractivity (Wildman–Crippen MR) is 75.3 cm³/mol. The molecule has 0 atom stereocenters. The number of hydrogen-bond acceptors (Lipinski definition) is 3. The second-order valence-corrected chi connectivity index (χ2v) is 5.38. The summed E-state index contributed by atoms with van der Waals surface area (Å²) < 4.78 is 0. The normalized spacial score (nSPS) is 17.6. The third-order valence-electron chi connectivity index (χ3n) is 3.72. The Morgan fingerprint density at radius 1 is 1.16 bits per heavy atom. The van der Waals surface area contributed by atoms with E-state index in [4.69, 9.17) is 5.11 Å². The van der Waals surface area contributed by atoms with Crippen LogP contribution in [0.3, 0.4) is 0 Å². The minimum absolute atomic E-state index is 0.164. The fourth-order valence-electron chi connectivity index (χ4n) is 2.51. The lowest BCUT2D eigenvalue weighted by Gasteiger charge is -2.34. The molecule has 19 heavy (non-hydrogen) atoms. The van der Waals surface area contributed by atoms with E-state index < -0.39 is 5.97 Å². The van der Waals surface area contributed by atoms with E-state index in [1.165, 1.54) is 16.7 Å². The molecule has 0 spiro atoms. The number of rotatable bonds is 4. The van der Waals surface area contributed by atoms with Gasteiger partial charge in [-0.3, -0.25) is 14.6 Å². The third kappa shape index (κ3) is 4.04. The van der Waals surface area contributed by atoms with Gasteiger partial charge in [-0.2, -0.15) is 0 Å². The maximum absolute atomic E-state index is 10.7. The van der Waals surface area contributed by atoms with Crippen LogP contribution in [0.5, 0.6) is 0 Å². The molecular formula is C15H22N2O2. The predicted octanol–water partition coefficient (Wildman–Crippen LogP) is 1.51. The van der Waals surface area contributed by atoms with Gasteiger partial charge in [-0.15, -0.1) is 0 Å². The average molecular weight is 262 g/mol. The van der Waals surface area contributed by atoms with Gasteiger partial charge in [-0.05, 0) is 25.0 Å². The van der Waals surface area contributed by atoms with E-state index in [0.29, 0.717) is 0 Å². The average Bonchev–Trinajstić information content (AvgIpc) is 2.35. The first-order valence-electron chi connectivity index (χ1n) is 6.77. The first kappa shape index (κ1) is 14.0. The highest BCUT2D eigenvalue weighted by molar-refractivity contribution is 5.69. The second-order valence-electron chi connectivity index (χ2n) is 5.38. The van der Waals surface area contributed by atoms with Crippen molar-refractivity contribution in [1.29, 1.82) is 0 Å². The molecule has 0 aliphatic carbocycles. The zero-order valence-electron chi connectivity index (χ0n) is 11.7. The Hall–Kier alpha value is -1.39. The fraction of sp³-hybridized carbons (Fsp3) is 0.533. The first-order chi connectivity index (χ1) is 9.04. The van der Waals surface area contributed by atoms with Crippen molar-refractivity contribution < 1.29 is 9.90 Å². The van der Waals surface area contributed by atoms with Crippen molar-refractivity contribution in [3.05, 3.63) is 34.9 Å². The maximum atomic E-state index is 10.7. The van der Waals surface area contributed by atoms with Gasteiger partial charge in [-0.25, -0.2) is 0 Å². The van der Waals surface area contributed by atoms with Crippen molar-refractivity contribution in [2.75, 3.05) is 32.7 Å². The van der Waals surface area contributed by atoms with Crippen LogP contribution in [0.15, 0.2) is 18.2 Å². The van der Waals surface area contributed by atoms with Gasteiger partial charge >= 0.3 is 5.97 Å². The largest absolute Gasteiger partial charge is 0.480 e. The first-order valence-corrected chi connectivity index (χ1v) is 6.77. The molecule has 4 nitrogen and oxygen atoms in total. The number of nitrogens with zero attached hydrogens (tertiary/aromatic N) is 2. The van der Waals surface area contributed by atoms with E-state index in [0.717, 1.165) is 32.7 Å². The highest BCUT2D eigenvalue weighted by Crippen LogP contribution is 2.14. The number of carboxylic acid groups (broad SMARTS) is 1. The quantitative estimate of drug-likeness (QED) is 0.893. The summed E-state index contributed by atoms with van der Waals surface area (Å²) >= 11 is 0. The number of hydrogen-bond donors (Lipinski definition) is 1. The summed E-state index contributed by atoms with van der Waals surface area (Å²) in [6, 6.07) is 6.56. The Balaban J connectivity index is 1.88. The van der Waals surface area contributed by atoms with Crippen molar-refractivity contribution in [3.63, 3.8) is 0 Å². The van der Waals surface area contributed by atoms with E-state index in [-0.39, 0.29) is 6.54 Å². The van der Waals surface area contributed by atoms with Gasteiger partial charge in [0.1, 0.15) is 0 Å². The monoisotopic (exact) mass is 262 g/mol. The summed E-state index contributed by atoms with van der Waals surface area (Å²) in [5, 5.41) is 8.78. The molecule has 1 aromatic rings. The van der Waals surface area contributed by atoms with E-state index in [1.54, 1.807) is 0 Å². The van der Waals surface area contributed by atoms with Gasteiger partial charge in [0.15, 0.2) is 0 Å². The zero-order chi connectivity index (χ0) is 13.8. The molecule has 1 heterocycles. The number of piperazine rings is 1. The molecule has 0 saturated carbocycles. The number of carboxylic acids is 1. The van der Waals surface area contributed by atoms with Gasteiger partial charge in [0.25, 0.3) is 0 Å². The van der Waals surface area contributed by atoms with Crippen LogP contribution in [-0.2, 0) is 11.3 Å². The van der Waals surface area contributed by atoms with E-state index in [9.17, 15) is 4.79 Å². The summed E-state index contributed by atoms with van der Waals surface area (Å²) in [7, 11) is 0. The van der Waals surface area contributed by atoms with Crippen molar-refractivity contribution in [3.8, 4) is 0 Å². The van der Waals surface area contributed by atoms with Gasteiger partial charge in [-0.1, -0.05) is 23.8 Å². The molecule has 1 aromatic carbocycles. The molecular weight excluding hydrogens is 240 g/mol. The van der Waals surface area contributed by atoms with Crippen LogP contribution in [0.1, 0.15) is 16.7 Å². The van der Waals surface area contributed by atoms with Crippen LogP contribution in [0, 0.1) is 13.8 Å². The van der Waals surface area contributed by atoms with Gasteiger partial charge < -0.3 is 5.11 Å². The highest BCUT2D eigenvalue weighted by Gasteiger charge is 2.18. The number of carbonyl (C=O) groups is 1. The molecule has 1 fully saturated rings. The molecule has 1 aliphatic rings. The van der Waals surface area contributed by atoms with Crippen molar-refractivity contribution >= 4 is 5.97 Å². The molecule has 0 amide bonds. The van der Waals surface area contributed by atoms with E-state index in [2.05, 4.69) is 36.9 Å². The highest BCUT2D eigenvalue weighted by atomic mass is 16.4. The lowest BCUT2D eigenvalue weighted by atomic mass is 10.0. The third-order valence-corrected chi connectivity index (χ3v) is 3.72. The van der Waals surface area contributed by atoms with Crippen LogP contribution in [-0.4, -0.2) is 53.6 Å². The molecule has 104 valence electrons. The summed E-state index contributed by atoms with van der Waals surface area (Å²) in [4.78, 5) is 15.1. The molecule has 0 unspecified atom stereocenters.